The van der Waals surface area contributed by atoms with Gasteiger partial charge in [0.1, 0.15) is 0 Å². The maximum absolute atomic E-state index is 4.48. The Balaban J connectivity index is 1.71. The third-order valence-corrected chi connectivity index (χ3v) is 3.16. The molecule has 0 radical (unpaired) electrons. The topological polar surface area (TPSA) is 12.4 Å². The second kappa shape index (κ2) is 5.69. The number of rotatable bonds is 4. The summed E-state index contributed by atoms with van der Waals surface area (Å²) >= 11 is 0. The van der Waals surface area contributed by atoms with Crippen LogP contribution in [0, 0.1) is 5.92 Å². The normalized spacial score (nSPS) is 17.6. The van der Waals surface area contributed by atoms with Gasteiger partial charge in [0.25, 0.3) is 0 Å². The van der Waals surface area contributed by atoms with Crippen molar-refractivity contribution in [1.82, 2.24) is 0 Å². The molecule has 0 spiro atoms. The van der Waals surface area contributed by atoms with Crippen LogP contribution in [0.1, 0.15) is 37.7 Å². The minimum Gasteiger partial charge on any atom is -0.293 e. The smallest absolute Gasteiger partial charge is 0.0635 e. The van der Waals surface area contributed by atoms with Crippen LogP contribution >= 0.6 is 0 Å². The molecule has 80 valence electrons. The van der Waals surface area contributed by atoms with Crippen molar-refractivity contribution in [3.05, 3.63) is 35.9 Å². The quantitative estimate of drug-likeness (QED) is 0.656. The molecule has 1 heteroatoms. The summed E-state index contributed by atoms with van der Waals surface area (Å²) in [6.07, 6.45) is 9.00. The Hall–Kier alpha value is -1.11. The van der Waals surface area contributed by atoms with Gasteiger partial charge in [-0.2, -0.15) is 0 Å². The van der Waals surface area contributed by atoms with E-state index in [-0.39, 0.29) is 0 Å². The molecule has 0 heterocycles. The van der Waals surface area contributed by atoms with E-state index in [4.69, 9.17) is 0 Å². The van der Waals surface area contributed by atoms with Gasteiger partial charge in [0.15, 0.2) is 0 Å². The SMILES string of the molecule is C(CC1CCCC1)=NCc1ccccc1. The summed E-state index contributed by atoms with van der Waals surface area (Å²) in [5.74, 6) is 0.921. The Labute approximate surface area is 92.2 Å². The molecule has 0 unspecified atom stereocenters. The van der Waals surface area contributed by atoms with E-state index in [1.54, 1.807) is 0 Å². The Morgan fingerprint density at radius 2 is 1.87 bits per heavy atom. The summed E-state index contributed by atoms with van der Waals surface area (Å²) in [5, 5.41) is 0. The summed E-state index contributed by atoms with van der Waals surface area (Å²) in [6.45, 7) is 0.841. The van der Waals surface area contributed by atoms with Crippen LogP contribution in [0.5, 0.6) is 0 Å². The highest BCUT2D eigenvalue weighted by atomic mass is 14.7. The summed E-state index contributed by atoms with van der Waals surface area (Å²) in [4.78, 5) is 4.48. The predicted octanol–water partition coefficient (Wildman–Crippen LogP) is 3.84. The van der Waals surface area contributed by atoms with Crippen molar-refractivity contribution in [2.45, 2.75) is 38.6 Å². The monoisotopic (exact) mass is 201 g/mol. The van der Waals surface area contributed by atoms with Gasteiger partial charge in [-0.3, -0.25) is 4.99 Å². The van der Waals surface area contributed by atoms with Gasteiger partial charge in [-0.05, 0) is 24.1 Å². The van der Waals surface area contributed by atoms with Gasteiger partial charge in [-0.25, -0.2) is 0 Å². The van der Waals surface area contributed by atoms with E-state index in [0.717, 1.165) is 12.5 Å². The van der Waals surface area contributed by atoms with Gasteiger partial charge in [0.2, 0.25) is 0 Å². The van der Waals surface area contributed by atoms with Gasteiger partial charge in [0, 0.05) is 0 Å². The number of aliphatic imine (C=N–C) groups is 1. The van der Waals surface area contributed by atoms with Crippen LogP contribution in [0.2, 0.25) is 0 Å². The lowest BCUT2D eigenvalue weighted by molar-refractivity contribution is 0.577. The predicted molar refractivity (Wildman–Crippen MR) is 65.2 cm³/mol. The van der Waals surface area contributed by atoms with Crippen LogP contribution < -0.4 is 0 Å². The van der Waals surface area contributed by atoms with Gasteiger partial charge in [0.05, 0.1) is 6.54 Å². The fourth-order valence-corrected chi connectivity index (χ4v) is 2.22. The average molecular weight is 201 g/mol. The van der Waals surface area contributed by atoms with Gasteiger partial charge >= 0.3 is 0 Å². The molecule has 0 aliphatic heterocycles. The largest absolute Gasteiger partial charge is 0.293 e. The molecule has 15 heavy (non-hydrogen) atoms. The standard InChI is InChI=1S/C14H19N/c1-2-8-14(9-3-1)12-15-11-10-13-6-4-5-7-13/h1-3,8-9,11,13H,4-7,10,12H2. The van der Waals surface area contributed by atoms with Crippen LogP contribution in [0.25, 0.3) is 0 Å². The Bertz CT molecular complexity index is 296. The molecule has 1 aliphatic rings. The van der Waals surface area contributed by atoms with Crippen LogP contribution in [0.15, 0.2) is 35.3 Å². The minimum absolute atomic E-state index is 0.841. The first-order valence-corrected chi connectivity index (χ1v) is 5.97. The lowest BCUT2D eigenvalue weighted by Crippen LogP contribution is -1.93. The van der Waals surface area contributed by atoms with E-state index >= 15 is 0 Å². The third-order valence-electron chi connectivity index (χ3n) is 3.16. The van der Waals surface area contributed by atoms with E-state index < -0.39 is 0 Å². The molecule has 0 amide bonds. The molecule has 0 aromatic heterocycles. The first-order chi connectivity index (χ1) is 7.45. The molecule has 2 rings (SSSR count). The number of benzene rings is 1. The molecular weight excluding hydrogens is 182 g/mol. The summed E-state index contributed by atoms with van der Waals surface area (Å²) in [7, 11) is 0. The molecule has 1 fully saturated rings. The zero-order chi connectivity index (χ0) is 10.3. The Morgan fingerprint density at radius 3 is 2.60 bits per heavy atom. The summed E-state index contributed by atoms with van der Waals surface area (Å²) in [6, 6.07) is 10.5. The van der Waals surface area contributed by atoms with E-state index in [2.05, 4.69) is 35.5 Å². The second-order valence-corrected chi connectivity index (χ2v) is 4.40. The highest BCUT2D eigenvalue weighted by molar-refractivity contribution is 5.57. The Kier molecular flexibility index (Phi) is 3.95. The average Bonchev–Trinajstić information content (AvgIpc) is 2.79. The van der Waals surface area contributed by atoms with Crippen molar-refractivity contribution in [2.24, 2.45) is 10.9 Å². The molecule has 0 saturated heterocycles. The zero-order valence-corrected chi connectivity index (χ0v) is 9.23. The highest BCUT2D eigenvalue weighted by Gasteiger charge is 2.12. The van der Waals surface area contributed by atoms with Crippen molar-refractivity contribution in [1.29, 1.82) is 0 Å². The van der Waals surface area contributed by atoms with Crippen molar-refractivity contribution in [3.63, 3.8) is 0 Å². The first kappa shape index (κ1) is 10.4. The first-order valence-electron chi connectivity index (χ1n) is 5.97. The molecule has 1 nitrogen and oxygen atoms in total. The van der Waals surface area contributed by atoms with Gasteiger partial charge < -0.3 is 0 Å². The van der Waals surface area contributed by atoms with Crippen LogP contribution in [0.3, 0.4) is 0 Å². The number of nitrogens with zero attached hydrogens (tertiary/aromatic N) is 1. The second-order valence-electron chi connectivity index (χ2n) is 4.40. The van der Waals surface area contributed by atoms with E-state index in [1.807, 2.05) is 6.07 Å². The fraction of sp³-hybridized carbons (Fsp3) is 0.500. The van der Waals surface area contributed by atoms with E-state index in [9.17, 15) is 0 Å². The van der Waals surface area contributed by atoms with Gasteiger partial charge in [-0.15, -0.1) is 0 Å². The highest BCUT2D eigenvalue weighted by Crippen LogP contribution is 2.26. The molecule has 0 atom stereocenters. The number of hydrogen-bond donors (Lipinski definition) is 0. The molecule has 1 aromatic carbocycles. The fourth-order valence-electron chi connectivity index (χ4n) is 2.22. The lowest BCUT2D eigenvalue weighted by atomic mass is 10.1. The maximum Gasteiger partial charge on any atom is 0.0635 e. The van der Waals surface area contributed by atoms with E-state index in [1.165, 1.54) is 37.7 Å². The van der Waals surface area contributed by atoms with E-state index in [0.29, 0.717) is 0 Å². The van der Waals surface area contributed by atoms with Crippen molar-refractivity contribution < 1.29 is 0 Å². The zero-order valence-electron chi connectivity index (χ0n) is 9.23. The van der Waals surface area contributed by atoms with Gasteiger partial charge in [-0.1, -0.05) is 56.0 Å². The van der Waals surface area contributed by atoms with Crippen LogP contribution in [-0.2, 0) is 6.54 Å². The number of hydrogen-bond acceptors (Lipinski definition) is 1. The molecular formula is C14H19N. The maximum atomic E-state index is 4.48. The summed E-state index contributed by atoms with van der Waals surface area (Å²) in [5.41, 5.74) is 1.31. The Morgan fingerprint density at radius 1 is 1.13 bits per heavy atom. The van der Waals surface area contributed by atoms with Crippen molar-refractivity contribution >= 4 is 6.21 Å². The molecule has 1 aromatic rings. The van der Waals surface area contributed by atoms with Crippen molar-refractivity contribution in [3.8, 4) is 0 Å². The lowest BCUT2D eigenvalue weighted by Gasteiger charge is -2.02. The third kappa shape index (κ3) is 3.50. The minimum atomic E-state index is 0.841. The van der Waals surface area contributed by atoms with Crippen LogP contribution in [0.4, 0.5) is 0 Å². The molecule has 1 saturated carbocycles. The molecule has 1 aliphatic carbocycles. The molecule has 0 N–H and O–H groups in total. The molecule has 0 bridgehead atoms. The van der Waals surface area contributed by atoms with Crippen LogP contribution in [-0.4, -0.2) is 6.21 Å². The van der Waals surface area contributed by atoms with Crippen molar-refractivity contribution in [2.75, 3.05) is 0 Å². The summed E-state index contributed by atoms with van der Waals surface area (Å²) < 4.78 is 0.